The third kappa shape index (κ3) is 1.97. The summed E-state index contributed by atoms with van der Waals surface area (Å²) in [5.74, 6) is 2.32. The molecule has 0 spiro atoms. The Balaban J connectivity index is 1.90. The van der Waals surface area contributed by atoms with Gasteiger partial charge in [0.1, 0.15) is 0 Å². The minimum absolute atomic E-state index is 0.552. The fourth-order valence-electron chi connectivity index (χ4n) is 3.01. The van der Waals surface area contributed by atoms with Gasteiger partial charge in [-0.3, -0.25) is 0 Å². The molecule has 0 aromatic heterocycles. The maximum atomic E-state index is 2.48. The van der Waals surface area contributed by atoms with Crippen molar-refractivity contribution in [3.8, 4) is 0 Å². The first kappa shape index (κ1) is 9.29. The van der Waals surface area contributed by atoms with Crippen LogP contribution < -0.4 is 21.2 Å². The van der Waals surface area contributed by atoms with Crippen molar-refractivity contribution in [1.29, 1.82) is 0 Å². The van der Waals surface area contributed by atoms with Gasteiger partial charge in [-0.05, 0) is 0 Å². The van der Waals surface area contributed by atoms with E-state index in [-0.39, 0.29) is 0 Å². The first-order valence-electron chi connectivity index (χ1n) is 5.38. The molecule has 0 radical (unpaired) electrons. The summed E-state index contributed by atoms with van der Waals surface area (Å²) >= 11 is 0.552. The number of hydrogen-bond donors (Lipinski definition) is 0. The van der Waals surface area contributed by atoms with Crippen LogP contribution in [0.2, 0.25) is 0 Å². The molecule has 0 aliphatic heterocycles. The molecule has 0 nitrogen and oxygen atoms in total. The molecule has 2 fully saturated rings. The average molecular weight is 279 g/mol. The molecule has 0 heterocycles. The van der Waals surface area contributed by atoms with Crippen LogP contribution in [-0.2, 0) is 0 Å². The predicted octanol–water partition coefficient (Wildman–Crippen LogP) is 0.0641. The molecule has 72 valence electrons. The predicted molar refractivity (Wildman–Crippen MR) is 49.0 cm³/mol. The van der Waals surface area contributed by atoms with E-state index >= 15 is 0 Å². The van der Waals surface area contributed by atoms with E-state index in [0.717, 1.165) is 11.8 Å². The summed E-state index contributed by atoms with van der Waals surface area (Å²) in [6.07, 6.45) is 11.0. The molecule has 0 amide bonds. The van der Waals surface area contributed by atoms with Crippen LogP contribution in [0.15, 0.2) is 0 Å². The third-order valence-corrected chi connectivity index (χ3v) is 6.68. The number of hydrogen-bond acceptors (Lipinski definition) is 0. The Bertz CT molecular complexity index is 144. The van der Waals surface area contributed by atoms with Crippen LogP contribution >= 0.6 is 0 Å². The van der Waals surface area contributed by atoms with E-state index in [2.05, 4.69) is 4.93 Å². The molecule has 2 aliphatic carbocycles. The van der Waals surface area contributed by atoms with Crippen molar-refractivity contribution in [2.75, 3.05) is 4.93 Å². The van der Waals surface area contributed by atoms with E-state index in [4.69, 9.17) is 0 Å². The van der Waals surface area contributed by atoms with Gasteiger partial charge in [-0.1, -0.05) is 0 Å². The minimum atomic E-state index is 0.552. The fourth-order valence-corrected chi connectivity index (χ4v) is 5.16. The molecule has 1 heteroatoms. The molecule has 3 unspecified atom stereocenters. The van der Waals surface area contributed by atoms with Crippen LogP contribution in [0.4, 0.5) is 0 Å². The summed E-state index contributed by atoms with van der Waals surface area (Å²) in [4.78, 5) is 2.48. The Hall–Kier alpha value is 0.730. The van der Waals surface area contributed by atoms with Gasteiger partial charge in [0.2, 0.25) is 0 Å². The van der Waals surface area contributed by atoms with E-state index in [1.54, 1.807) is 32.1 Å². The van der Waals surface area contributed by atoms with Crippen LogP contribution in [0.1, 0.15) is 44.9 Å². The second kappa shape index (κ2) is 4.30. The second-order valence-corrected chi connectivity index (χ2v) is 7.44. The van der Waals surface area contributed by atoms with Crippen molar-refractivity contribution in [3.05, 3.63) is 0 Å². The Labute approximate surface area is 86.8 Å². The molecular weight excluding hydrogens is 259 g/mol. The zero-order valence-corrected chi connectivity index (χ0v) is 10.2. The topological polar surface area (TPSA) is 0 Å². The molecule has 0 aromatic rings. The number of rotatable bonds is 1. The van der Waals surface area contributed by atoms with E-state index < -0.39 is 0 Å². The van der Waals surface area contributed by atoms with Crippen LogP contribution in [0.25, 0.3) is 0 Å². The summed E-state index contributed by atoms with van der Waals surface area (Å²) in [5, 5.41) is 0. The standard InChI is InChI=1S/C11H20I/c1-12-11-7-6-9-4-2-3-5-10(9)8-11/h9-11H,2-8H2,1H3/q-1. The molecule has 2 aliphatic rings. The fraction of sp³-hybridized carbons (Fsp3) is 1.00. The Morgan fingerprint density at radius 3 is 2.42 bits per heavy atom. The van der Waals surface area contributed by atoms with Crippen LogP contribution in [-0.4, -0.2) is 8.86 Å². The van der Waals surface area contributed by atoms with Crippen molar-refractivity contribution >= 4 is 0 Å². The molecule has 2 rings (SSSR count). The molecular formula is C11H20I-. The molecule has 0 bridgehead atoms. The normalized spacial score (nSPS) is 42.6. The van der Waals surface area contributed by atoms with Crippen LogP contribution in [0.5, 0.6) is 0 Å². The van der Waals surface area contributed by atoms with Gasteiger partial charge in [0.25, 0.3) is 0 Å². The summed E-state index contributed by atoms with van der Waals surface area (Å²) < 4.78 is 1.20. The van der Waals surface area contributed by atoms with E-state index in [0.29, 0.717) is 21.2 Å². The van der Waals surface area contributed by atoms with Crippen molar-refractivity contribution in [2.24, 2.45) is 11.8 Å². The summed E-state index contributed by atoms with van der Waals surface area (Å²) in [6, 6.07) is 0. The van der Waals surface area contributed by atoms with Gasteiger partial charge < -0.3 is 0 Å². The Kier molecular flexibility index (Phi) is 3.33. The zero-order chi connectivity index (χ0) is 8.39. The molecule has 12 heavy (non-hydrogen) atoms. The average Bonchev–Trinajstić information content (AvgIpc) is 2.17. The van der Waals surface area contributed by atoms with Gasteiger partial charge in [-0.15, -0.1) is 0 Å². The SMILES string of the molecule is C[I-]C1CCC2CCCCC2C1. The van der Waals surface area contributed by atoms with Crippen LogP contribution in [0.3, 0.4) is 0 Å². The molecule has 0 saturated heterocycles. The molecule has 3 atom stereocenters. The Morgan fingerprint density at radius 1 is 0.917 bits per heavy atom. The van der Waals surface area contributed by atoms with Crippen LogP contribution in [0, 0.1) is 11.8 Å². The van der Waals surface area contributed by atoms with Crippen molar-refractivity contribution in [3.63, 3.8) is 0 Å². The summed E-state index contributed by atoms with van der Waals surface area (Å²) in [5.41, 5.74) is 0. The number of fused-ring (bicyclic) bond motifs is 1. The van der Waals surface area contributed by atoms with E-state index in [1.807, 2.05) is 0 Å². The monoisotopic (exact) mass is 279 g/mol. The van der Waals surface area contributed by atoms with Crippen molar-refractivity contribution < 1.29 is 21.2 Å². The number of halogens is 1. The van der Waals surface area contributed by atoms with Crippen molar-refractivity contribution in [2.45, 2.75) is 48.9 Å². The van der Waals surface area contributed by atoms with Gasteiger partial charge >= 0.3 is 86.8 Å². The van der Waals surface area contributed by atoms with E-state index in [9.17, 15) is 0 Å². The van der Waals surface area contributed by atoms with E-state index in [1.165, 1.54) is 16.8 Å². The van der Waals surface area contributed by atoms with Gasteiger partial charge in [0, 0.05) is 0 Å². The first-order valence-corrected chi connectivity index (χ1v) is 8.78. The number of alkyl halides is 2. The maximum absolute atomic E-state index is 2.48. The molecule has 0 aromatic carbocycles. The third-order valence-electron chi connectivity index (χ3n) is 3.78. The quantitative estimate of drug-likeness (QED) is 0.470. The first-order chi connectivity index (χ1) is 5.90. The molecule has 2 saturated carbocycles. The van der Waals surface area contributed by atoms with Gasteiger partial charge in [0.05, 0.1) is 0 Å². The van der Waals surface area contributed by atoms with Gasteiger partial charge in [0.15, 0.2) is 0 Å². The summed E-state index contributed by atoms with van der Waals surface area (Å²) in [7, 11) is 0. The zero-order valence-electron chi connectivity index (χ0n) is 8.06. The van der Waals surface area contributed by atoms with Gasteiger partial charge in [-0.2, -0.15) is 0 Å². The van der Waals surface area contributed by atoms with Crippen molar-refractivity contribution in [1.82, 2.24) is 0 Å². The summed E-state index contributed by atoms with van der Waals surface area (Å²) in [6.45, 7) is 0. The van der Waals surface area contributed by atoms with Gasteiger partial charge in [-0.25, -0.2) is 0 Å². The Morgan fingerprint density at radius 2 is 1.67 bits per heavy atom. The second-order valence-electron chi connectivity index (χ2n) is 4.43. The molecule has 0 N–H and O–H groups in total.